The number of benzene rings is 2. The third-order valence-corrected chi connectivity index (χ3v) is 3.74. The second kappa shape index (κ2) is 5.39. The van der Waals surface area contributed by atoms with Gasteiger partial charge in [-0.3, -0.25) is 0 Å². The second-order valence-electron chi connectivity index (χ2n) is 4.74. The van der Waals surface area contributed by atoms with Crippen molar-refractivity contribution in [2.75, 3.05) is 0 Å². The highest BCUT2D eigenvalue weighted by molar-refractivity contribution is 9.10. The van der Waals surface area contributed by atoms with E-state index in [1.807, 2.05) is 0 Å². The summed E-state index contributed by atoms with van der Waals surface area (Å²) in [7, 11) is 0. The third kappa shape index (κ3) is 2.72. The lowest BCUT2D eigenvalue weighted by Crippen LogP contribution is -2.16. The Labute approximate surface area is 131 Å². The molecule has 2 aromatic carbocycles. The minimum atomic E-state index is -4.61. The van der Waals surface area contributed by atoms with Crippen molar-refractivity contribution >= 4 is 27.0 Å². The molecule has 114 valence electrons. The van der Waals surface area contributed by atoms with E-state index in [1.54, 1.807) is 18.2 Å². The van der Waals surface area contributed by atoms with Gasteiger partial charge in [-0.25, -0.2) is 9.37 Å². The Kier molecular flexibility index (Phi) is 3.68. The van der Waals surface area contributed by atoms with Gasteiger partial charge in [-0.05, 0) is 24.3 Å². The van der Waals surface area contributed by atoms with Gasteiger partial charge in [-0.2, -0.15) is 13.2 Å². The van der Waals surface area contributed by atoms with Crippen LogP contribution in [0.1, 0.15) is 11.4 Å². The number of halogens is 5. The minimum absolute atomic E-state index is 0.164. The molecule has 7 heteroatoms. The van der Waals surface area contributed by atoms with Gasteiger partial charge in [0, 0.05) is 10.0 Å². The van der Waals surface area contributed by atoms with Crippen molar-refractivity contribution in [3.63, 3.8) is 0 Å². The average molecular weight is 373 g/mol. The van der Waals surface area contributed by atoms with Crippen molar-refractivity contribution in [3.8, 4) is 0 Å². The molecule has 0 saturated carbocycles. The number of aromatic nitrogens is 2. The van der Waals surface area contributed by atoms with E-state index < -0.39 is 17.8 Å². The van der Waals surface area contributed by atoms with E-state index in [1.165, 1.54) is 24.3 Å². The van der Waals surface area contributed by atoms with Gasteiger partial charge >= 0.3 is 6.18 Å². The van der Waals surface area contributed by atoms with Gasteiger partial charge in [0.05, 0.1) is 17.6 Å². The fourth-order valence-electron chi connectivity index (χ4n) is 2.27. The maximum Gasteiger partial charge on any atom is 0.449 e. The van der Waals surface area contributed by atoms with Crippen molar-refractivity contribution in [3.05, 3.63) is 64.1 Å². The number of fused-ring (bicyclic) bond motifs is 1. The summed E-state index contributed by atoms with van der Waals surface area (Å²) in [4.78, 5) is 3.63. The second-order valence-corrected chi connectivity index (χ2v) is 5.66. The molecule has 1 aromatic heterocycles. The van der Waals surface area contributed by atoms with E-state index in [-0.39, 0.29) is 17.6 Å². The molecule has 0 fully saturated rings. The van der Waals surface area contributed by atoms with Gasteiger partial charge < -0.3 is 4.57 Å². The highest BCUT2D eigenvalue weighted by Crippen LogP contribution is 2.32. The predicted octanol–water partition coefficient (Wildman–Crippen LogP) is 5.01. The van der Waals surface area contributed by atoms with Crippen LogP contribution in [0.15, 0.2) is 46.9 Å². The molecule has 2 nitrogen and oxygen atoms in total. The van der Waals surface area contributed by atoms with Gasteiger partial charge in [0.25, 0.3) is 0 Å². The molecule has 0 radical (unpaired) electrons. The quantitative estimate of drug-likeness (QED) is 0.578. The van der Waals surface area contributed by atoms with Crippen LogP contribution in [0.2, 0.25) is 0 Å². The van der Waals surface area contributed by atoms with Crippen LogP contribution in [0.4, 0.5) is 17.6 Å². The maximum atomic E-state index is 13.9. The SMILES string of the molecule is Fc1cc(Br)ccc1Cn1c(C(F)(F)F)nc2ccccc21. The van der Waals surface area contributed by atoms with Gasteiger partial charge in [0.2, 0.25) is 5.82 Å². The molecule has 3 aromatic rings. The number of alkyl halides is 3. The van der Waals surface area contributed by atoms with Crippen LogP contribution in [0, 0.1) is 5.82 Å². The molecule has 0 atom stereocenters. The lowest BCUT2D eigenvalue weighted by molar-refractivity contribution is -0.146. The molecule has 3 rings (SSSR count). The lowest BCUT2D eigenvalue weighted by atomic mass is 10.2. The zero-order valence-corrected chi connectivity index (χ0v) is 12.6. The van der Waals surface area contributed by atoms with E-state index >= 15 is 0 Å². The van der Waals surface area contributed by atoms with Crippen LogP contribution in [-0.2, 0) is 12.7 Å². The minimum Gasteiger partial charge on any atom is -0.316 e. The molecule has 1 heterocycles. The van der Waals surface area contributed by atoms with Crippen molar-refractivity contribution in [2.45, 2.75) is 12.7 Å². The molecule has 0 aliphatic heterocycles. The van der Waals surface area contributed by atoms with E-state index in [2.05, 4.69) is 20.9 Å². The normalized spacial score (nSPS) is 12.0. The fraction of sp³-hybridized carbons (Fsp3) is 0.133. The Hall–Kier alpha value is -1.89. The summed E-state index contributed by atoms with van der Waals surface area (Å²) >= 11 is 3.12. The Morgan fingerprint density at radius 1 is 1.09 bits per heavy atom. The van der Waals surface area contributed by atoms with Crippen molar-refractivity contribution < 1.29 is 17.6 Å². The zero-order valence-electron chi connectivity index (χ0n) is 11.0. The van der Waals surface area contributed by atoms with E-state index in [4.69, 9.17) is 0 Å². The van der Waals surface area contributed by atoms with Gasteiger partial charge in [0.15, 0.2) is 0 Å². The highest BCUT2D eigenvalue weighted by atomic mass is 79.9. The standard InChI is InChI=1S/C15H9BrF4N2/c16-10-6-5-9(11(17)7-10)8-22-13-4-2-1-3-12(13)21-14(22)15(18,19)20/h1-7H,8H2. The molecular weight excluding hydrogens is 364 g/mol. The molecular formula is C15H9BrF4N2. The predicted molar refractivity (Wildman–Crippen MR) is 77.9 cm³/mol. The van der Waals surface area contributed by atoms with Crippen LogP contribution in [0.3, 0.4) is 0 Å². The number of hydrogen-bond acceptors (Lipinski definition) is 1. The first-order chi connectivity index (χ1) is 10.4. The zero-order chi connectivity index (χ0) is 15.9. The maximum absolute atomic E-state index is 13.9. The third-order valence-electron chi connectivity index (χ3n) is 3.25. The monoisotopic (exact) mass is 372 g/mol. The first kappa shape index (κ1) is 15.0. The Morgan fingerprint density at radius 3 is 2.50 bits per heavy atom. The van der Waals surface area contributed by atoms with Gasteiger partial charge in [0.1, 0.15) is 5.82 Å². The first-order valence-electron chi connectivity index (χ1n) is 6.32. The molecule has 0 unspecified atom stereocenters. The number of para-hydroxylation sites is 2. The number of nitrogens with zero attached hydrogens (tertiary/aromatic N) is 2. The lowest BCUT2D eigenvalue weighted by Gasteiger charge is -2.12. The molecule has 0 aliphatic rings. The van der Waals surface area contributed by atoms with Crippen LogP contribution < -0.4 is 0 Å². The molecule has 0 bridgehead atoms. The topological polar surface area (TPSA) is 17.8 Å². The molecule has 0 amide bonds. The largest absolute Gasteiger partial charge is 0.449 e. The average Bonchev–Trinajstić information content (AvgIpc) is 2.81. The van der Waals surface area contributed by atoms with Gasteiger partial charge in [-0.15, -0.1) is 0 Å². The Bertz CT molecular complexity index is 839. The van der Waals surface area contributed by atoms with E-state index in [0.29, 0.717) is 9.99 Å². The Balaban J connectivity index is 2.16. The summed E-state index contributed by atoms with van der Waals surface area (Å²) < 4.78 is 54.9. The van der Waals surface area contributed by atoms with Crippen LogP contribution >= 0.6 is 15.9 Å². The number of rotatable bonds is 2. The van der Waals surface area contributed by atoms with Gasteiger partial charge in [-0.1, -0.05) is 34.1 Å². The van der Waals surface area contributed by atoms with Crippen molar-refractivity contribution in [2.24, 2.45) is 0 Å². The van der Waals surface area contributed by atoms with Crippen LogP contribution in [0.5, 0.6) is 0 Å². The summed E-state index contributed by atoms with van der Waals surface area (Å²) in [6, 6.07) is 10.5. The summed E-state index contributed by atoms with van der Waals surface area (Å²) in [6.07, 6.45) is -4.61. The summed E-state index contributed by atoms with van der Waals surface area (Å²) in [5, 5.41) is 0. The molecule has 0 aliphatic carbocycles. The fourth-order valence-corrected chi connectivity index (χ4v) is 2.61. The Morgan fingerprint density at radius 2 is 1.82 bits per heavy atom. The molecule has 0 N–H and O–H groups in total. The number of hydrogen-bond donors (Lipinski definition) is 0. The summed E-state index contributed by atoms with van der Waals surface area (Å²) in [5.74, 6) is -1.60. The van der Waals surface area contributed by atoms with Crippen molar-refractivity contribution in [1.29, 1.82) is 0 Å². The number of imidazole rings is 1. The first-order valence-corrected chi connectivity index (χ1v) is 7.12. The molecule has 0 spiro atoms. The smallest absolute Gasteiger partial charge is 0.316 e. The van der Waals surface area contributed by atoms with Crippen LogP contribution in [-0.4, -0.2) is 9.55 Å². The highest BCUT2D eigenvalue weighted by Gasteiger charge is 2.37. The van der Waals surface area contributed by atoms with E-state index in [9.17, 15) is 17.6 Å². The summed E-state index contributed by atoms with van der Waals surface area (Å²) in [5.41, 5.74) is 0.710. The summed E-state index contributed by atoms with van der Waals surface area (Å²) in [6.45, 7) is -0.242. The molecule has 22 heavy (non-hydrogen) atoms. The molecule has 0 saturated heterocycles. The van der Waals surface area contributed by atoms with Crippen molar-refractivity contribution in [1.82, 2.24) is 9.55 Å². The van der Waals surface area contributed by atoms with Crippen LogP contribution in [0.25, 0.3) is 11.0 Å². The van der Waals surface area contributed by atoms with E-state index in [0.717, 1.165) is 4.57 Å².